The largest absolute Gasteiger partial charge is 0.497 e. The monoisotopic (exact) mass is 596 g/mol. The number of fused-ring (bicyclic) bond motifs is 6. The number of rotatable bonds is 7. The molecule has 1 amide bonds. The van der Waals surface area contributed by atoms with Crippen LogP contribution in [0.2, 0.25) is 0 Å². The number of nitrogens with zero attached hydrogens (tertiary/aromatic N) is 2. The van der Waals surface area contributed by atoms with Gasteiger partial charge in [-0.25, -0.2) is 9.80 Å². The van der Waals surface area contributed by atoms with Crippen molar-refractivity contribution in [2.45, 2.75) is 12.5 Å². The summed E-state index contributed by atoms with van der Waals surface area (Å²) in [5.74, 6) is 1.79. The molecule has 5 aromatic carbocycles. The van der Waals surface area contributed by atoms with Gasteiger partial charge in [0, 0.05) is 34.4 Å². The van der Waals surface area contributed by atoms with Gasteiger partial charge < -0.3 is 18.9 Å². The fraction of sp³-hybridized carbons (Fsp3) is 0.108. The van der Waals surface area contributed by atoms with Gasteiger partial charge in [0.05, 0.1) is 25.5 Å². The molecule has 0 aromatic heterocycles. The molecule has 8 heteroatoms. The third kappa shape index (κ3) is 4.67. The Morgan fingerprint density at radius 3 is 2.16 bits per heavy atom. The van der Waals surface area contributed by atoms with Gasteiger partial charge in [-0.3, -0.25) is 4.79 Å². The van der Waals surface area contributed by atoms with Gasteiger partial charge in [0.1, 0.15) is 34.3 Å². The SMILES string of the molecule is CCOc1ccc2c(c1)Oc1cc(OC(=O)c3ccccc3)ccc1C21c2ccccc2C(=O)N1/N=C/c1ccc(OC)cc1. The Balaban J connectivity index is 1.41. The van der Waals surface area contributed by atoms with E-state index in [0.717, 1.165) is 22.4 Å². The van der Waals surface area contributed by atoms with Crippen LogP contribution in [-0.2, 0) is 5.54 Å². The van der Waals surface area contributed by atoms with Crippen LogP contribution < -0.4 is 18.9 Å². The molecule has 1 unspecified atom stereocenters. The Kier molecular flexibility index (Phi) is 7.02. The number of esters is 1. The number of hydrogen-bond donors (Lipinski definition) is 0. The first kappa shape index (κ1) is 27.9. The van der Waals surface area contributed by atoms with Crippen LogP contribution >= 0.6 is 0 Å². The summed E-state index contributed by atoms with van der Waals surface area (Å²) in [5, 5.41) is 6.35. The first-order valence-corrected chi connectivity index (χ1v) is 14.5. The second kappa shape index (κ2) is 11.3. The topological polar surface area (TPSA) is 86.7 Å². The highest BCUT2D eigenvalue weighted by Crippen LogP contribution is 2.58. The van der Waals surface area contributed by atoms with E-state index in [2.05, 4.69) is 0 Å². The van der Waals surface area contributed by atoms with E-state index >= 15 is 0 Å². The second-order valence-corrected chi connectivity index (χ2v) is 10.5. The maximum Gasteiger partial charge on any atom is 0.343 e. The van der Waals surface area contributed by atoms with E-state index in [1.165, 1.54) is 5.01 Å². The van der Waals surface area contributed by atoms with Crippen molar-refractivity contribution in [3.63, 3.8) is 0 Å². The van der Waals surface area contributed by atoms with E-state index in [4.69, 9.17) is 24.0 Å². The smallest absolute Gasteiger partial charge is 0.343 e. The summed E-state index contributed by atoms with van der Waals surface area (Å²) in [4.78, 5) is 27.1. The second-order valence-electron chi connectivity index (χ2n) is 10.5. The fourth-order valence-corrected chi connectivity index (χ4v) is 5.93. The third-order valence-electron chi connectivity index (χ3n) is 7.93. The number of hydrazone groups is 1. The molecule has 0 saturated carbocycles. The van der Waals surface area contributed by atoms with Gasteiger partial charge in [0.25, 0.3) is 5.91 Å². The van der Waals surface area contributed by atoms with Gasteiger partial charge in [0.15, 0.2) is 0 Å². The Morgan fingerprint density at radius 1 is 0.800 bits per heavy atom. The molecular weight excluding hydrogens is 568 g/mol. The molecule has 0 aliphatic carbocycles. The highest BCUT2D eigenvalue weighted by molar-refractivity contribution is 6.03. The molecule has 1 atom stereocenters. The minimum atomic E-state index is -1.19. The lowest BCUT2D eigenvalue weighted by Gasteiger charge is -2.41. The minimum Gasteiger partial charge on any atom is -0.497 e. The molecule has 222 valence electrons. The zero-order chi connectivity index (χ0) is 31.0. The summed E-state index contributed by atoms with van der Waals surface area (Å²) >= 11 is 0. The Hall–Kier alpha value is -5.89. The molecule has 2 aliphatic heterocycles. The standard InChI is InChI=1S/C37H28N2O6/c1-3-43-27-17-19-31-33(21-27)45-34-22-28(44-36(41)25-9-5-4-6-10-25)18-20-32(34)37(31)30-12-8-7-11-29(30)35(40)39(37)38-23-24-13-15-26(42-2)16-14-24/h4-23H,3H2,1-2H3/b38-23+. The summed E-state index contributed by atoms with van der Waals surface area (Å²) in [6, 6.07) is 34.5. The van der Waals surface area contributed by atoms with Crippen molar-refractivity contribution >= 4 is 18.1 Å². The quantitative estimate of drug-likeness (QED) is 0.112. The van der Waals surface area contributed by atoms with Crippen LogP contribution in [0.4, 0.5) is 0 Å². The molecule has 5 aromatic rings. The van der Waals surface area contributed by atoms with Gasteiger partial charge in [0.2, 0.25) is 0 Å². The van der Waals surface area contributed by atoms with Crippen LogP contribution in [0.1, 0.15) is 49.9 Å². The van der Waals surface area contributed by atoms with Crippen molar-refractivity contribution in [3.8, 4) is 28.7 Å². The molecule has 2 heterocycles. The summed E-state index contributed by atoms with van der Waals surface area (Å²) < 4.78 is 23.3. The Labute approximate surface area is 260 Å². The van der Waals surface area contributed by atoms with Gasteiger partial charge in [-0.1, -0.05) is 36.4 Å². The lowest BCUT2D eigenvalue weighted by Crippen LogP contribution is -2.44. The van der Waals surface area contributed by atoms with Gasteiger partial charge in [-0.2, -0.15) is 5.10 Å². The average Bonchev–Trinajstić information content (AvgIpc) is 3.32. The van der Waals surface area contributed by atoms with Crippen LogP contribution in [0, 0.1) is 0 Å². The lowest BCUT2D eigenvalue weighted by atomic mass is 9.75. The van der Waals surface area contributed by atoms with Crippen LogP contribution in [0.5, 0.6) is 28.7 Å². The van der Waals surface area contributed by atoms with Crippen molar-refractivity contribution in [1.82, 2.24) is 5.01 Å². The van der Waals surface area contributed by atoms with Crippen molar-refractivity contribution < 1.29 is 28.5 Å². The van der Waals surface area contributed by atoms with Crippen molar-refractivity contribution in [2.24, 2.45) is 5.10 Å². The summed E-state index contributed by atoms with van der Waals surface area (Å²) in [6.45, 7) is 2.38. The summed E-state index contributed by atoms with van der Waals surface area (Å²) in [6.07, 6.45) is 1.66. The summed E-state index contributed by atoms with van der Waals surface area (Å²) in [7, 11) is 1.61. The van der Waals surface area contributed by atoms with E-state index in [9.17, 15) is 9.59 Å². The van der Waals surface area contributed by atoms with E-state index < -0.39 is 11.5 Å². The molecule has 2 aliphatic rings. The Morgan fingerprint density at radius 2 is 1.44 bits per heavy atom. The number of benzene rings is 5. The zero-order valence-corrected chi connectivity index (χ0v) is 24.6. The highest BCUT2D eigenvalue weighted by Gasteiger charge is 2.57. The predicted octanol–water partition coefficient (Wildman–Crippen LogP) is 7.20. The minimum absolute atomic E-state index is 0.261. The maximum absolute atomic E-state index is 14.2. The van der Waals surface area contributed by atoms with E-state index in [1.54, 1.807) is 49.7 Å². The molecule has 0 N–H and O–H groups in total. The molecule has 0 saturated heterocycles. The van der Waals surface area contributed by atoms with Gasteiger partial charge >= 0.3 is 5.97 Å². The van der Waals surface area contributed by atoms with Gasteiger partial charge in [-0.15, -0.1) is 0 Å². The van der Waals surface area contributed by atoms with E-state index in [-0.39, 0.29) is 5.91 Å². The lowest BCUT2D eigenvalue weighted by molar-refractivity contribution is 0.0675. The number of hydrogen-bond acceptors (Lipinski definition) is 7. The number of amides is 1. The van der Waals surface area contributed by atoms with E-state index in [1.807, 2.05) is 85.8 Å². The average molecular weight is 597 g/mol. The van der Waals surface area contributed by atoms with E-state index in [0.29, 0.717) is 46.3 Å². The zero-order valence-electron chi connectivity index (χ0n) is 24.6. The third-order valence-corrected chi connectivity index (χ3v) is 7.93. The number of carbonyl (C=O) groups excluding carboxylic acids is 2. The van der Waals surface area contributed by atoms with Crippen LogP contribution in [0.15, 0.2) is 120 Å². The molecule has 0 fully saturated rings. The highest BCUT2D eigenvalue weighted by atomic mass is 16.5. The number of ether oxygens (including phenoxy) is 4. The van der Waals surface area contributed by atoms with Gasteiger partial charge in [-0.05, 0) is 79.2 Å². The Bertz CT molecular complexity index is 1950. The molecule has 45 heavy (non-hydrogen) atoms. The molecule has 0 bridgehead atoms. The van der Waals surface area contributed by atoms with Crippen LogP contribution in [0.25, 0.3) is 0 Å². The molecular formula is C37H28N2O6. The molecule has 0 radical (unpaired) electrons. The maximum atomic E-state index is 14.2. The molecule has 8 nitrogen and oxygen atoms in total. The first-order chi connectivity index (χ1) is 22.0. The molecule has 1 spiro atoms. The van der Waals surface area contributed by atoms with Crippen molar-refractivity contribution in [3.05, 3.63) is 149 Å². The predicted molar refractivity (Wildman–Crippen MR) is 169 cm³/mol. The van der Waals surface area contributed by atoms with Crippen molar-refractivity contribution in [2.75, 3.05) is 13.7 Å². The number of carbonyl (C=O) groups is 2. The normalized spacial score (nSPS) is 16.1. The van der Waals surface area contributed by atoms with Crippen LogP contribution in [0.3, 0.4) is 0 Å². The fourth-order valence-electron chi connectivity index (χ4n) is 5.93. The number of methoxy groups -OCH3 is 1. The first-order valence-electron chi connectivity index (χ1n) is 14.5. The van der Waals surface area contributed by atoms with Crippen LogP contribution in [-0.4, -0.2) is 36.8 Å². The van der Waals surface area contributed by atoms with Crippen molar-refractivity contribution in [1.29, 1.82) is 0 Å². The molecule has 7 rings (SSSR count). The summed E-state index contributed by atoms with van der Waals surface area (Å²) in [5.41, 5.74) is 2.70.